The van der Waals surface area contributed by atoms with E-state index in [4.69, 9.17) is 16.7 Å². The molecule has 0 aliphatic carbocycles. The summed E-state index contributed by atoms with van der Waals surface area (Å²) >= 11 is 0. The Bertz CT molecular complexity index is 677. The molecule has 1 aromatic carbocycles. The first kappa shape index (κ1) is 14.3. The standard InChI is InChI=1S/C14H14N6O/c15-7-12-5-6-18-14(19-12)20(9-13(17)21)8-10-1-3-11(16)4-2-10/h1-6H,8-9,16H2,(H2,17,21). The number of hydrogen-bond acceptors (Lipinski definition) is 6. The van der Waals surface area contributed by atoms with Crippen LogP contribution in [0.2, 0.25) is 0 Å². The lowest BCUT2D eigenvalue weighted by molar-refractivity contribution is -0.116. The largest absolute Gasteiger partial charge is 0.399 e. The molecule has 4 N–H and O–H groups in total. The Morgan fingerprint density at radius 1 is 1.29 bits per heavy atom. The fraction of sp³-hybridized carbons (Fsp3) is 0.143. The number of anilines is 2. The van der Waals surface area contributed by atoms with Gasteiger partial charge in [-0.1, -0.05) is 12.1 Å². The summed E-state index contributed by atoms with van der Waals surface area (Å²) in [5.74, 6) is -0.221. The molecule has 1 aromatic heterocycles. The van der Waals surface area contributed by atoms with Crippen LogP contribution in [-0.2, 0) is 11.3 Å². The Morgan fingerprint density at radius 3 is 2.62 bits per heavy atom. The SMILES string of the molecule is N#Cc1ccnc(N(CC(N)=O)Cc2ccc(N)cc2)n1. The lowest BCUT2D eigenvalue weighted by atomic mass is 10.2. The van der Waals surface area contributed by atoms with Crippen molar-refractivity contribution in [3.8, 4) is 6.07 Å². The Hall–Kier alpha value is -3.14. The van der Waals surface area contributed by atoms with E-state index in [-0.39, 0.29) is 18.2 Å². The second kappa shape index (κ2) is 6.34. The molecule has 0 saturated carbocycles. The van der Waals surface area contributed by atoms with E-state index in [0.29, 0.717) is 12.2 Å². The van der Waals surface area contributed by atoms with Crippen LogP contribution in [0.15, 0.2) is 36.5 Å². The lowest BCUT2D eigenvalue weighted by Gasteiger charge is -2.21. The third-order valence-electron chi connectivity index (χ3n) is 2.74. The average molecular weight is 282 g/mol. The summed E-state index contributed by atoms with van der Waals surface area (Å²) in [6, 6.07) is 10.7. The summed E-state index contributed by atoms with van der Waals surface area (Å²) in [6.45, 7) is 0.345. The minimum atomic E-state index is -0.503. The molecule has 2 aromatic rings. The van der Waals surface area contributed by atoms with Crippen LogP contribution in [0, 0.1) is 11.3 Å². The molecule has 0 aliphatic heterocycles. The monoisotopic (exact) mass is 282 g/mol. The van der Waals surface area contributed by atoms with Gasteiger partial charge in [-0.25, -0.2) is 9.97 Å². The van der Waals surface area contributed by atoms with E-state index >= 15 is 0 Å². The maximum atomic E-state index is 11.2. The fourth-order valence-corrected chi connectivity index (χ4v) is 1.79. The number of primary amides is 1. The number of nitriles is 1. The summed E-state index contributed by atoms with van der Waals surface area (Å²) in [7, 11) is 0. The Labute approximate surface area is 121 Å². The normalized spacial score (nSPS) is 9.86. The maximum absolute atomic E-state index is 11.2. The van der Waals surface area contributed by atoms with Gasteiger partial charge in [0, 0.05) is 18.4 Å². The van der Waals surface area contributed by atoms with Crippen LogP contribution in [0.25, 0.3) is 0 Å². The molecule has 0 unspecified atom stereocenters. The number of hydrogen-bond donors (Lipinski definition) is 2. The molecule has 2 rings (SSSR count). The van der Waals surface area contributed by atoms with Gasteiger partial charge in [-0.05, 0) is 23.8 Å². The molecule has 7 nitrogen and oxygen atoms in total. The summed E-state index contributed by atoms with van der Waals surface area (Å²) in [5.41, 5.74) is 12.7. The van der Waals surface area contributed by atoms with Gasteiger partial charge in [0.2, 0.25) is 11.9 Å². The topological polar surface area (TPSA) is 122 Å². The van der Waals surface area contributed by atoms with Crippen molar-refractivity contribution in [2.45, 2.75) is 6.54 Å². The highest BCUT2D eigenvalue weighted by Gasteiger charge is 2.13. The van der Waals surface area contributed by atoms with Crippen molar-refractivity contribution in [2.24, 2.45) is 5.73 Å². The third kappa shape index (κ3) is 3.91. The van der Waals surface area contributed by atoms with Crippen molar-refractivity contribution in [3.63, 3.8) is 0 Å². The first-order valence-corrected chi connectivity index (χ1v) is 6.19. The van der Waals surface area contributed by atoms with E-state index < -0.39 is 5.91 Å². The summed E-state index contributed by atoms with van der Waals surface area (Å²) in [6.07, 6.45) is 1.47. The zero-order valence-electron chi connectivity index (χ0n) is 11.2. The average Bonchev–Trinajstić information content (AvgIpc) is 2.48. The number of nitrogens with zero attached hydrogens (tertiary/aromatic N) is 4. The smallest absolute Gasteiger partial charge is 0.237 e. The summed E-state index contributed by atoms with van der Waals surface area (Å²) in [5, 5.41) is 8.88. The van der Waals surface area contributed by atoms with Crippen LogP contribution in [0.4, 0.5) is 11.6 Å². The highest BCUT2D eigenvalue weighted by atomic mass is 16.1. The molecule has 7 heteroatoms. The van der Waals surface area contributed by atoms with Gasteiger partial charge in [-0.2, -0.15) is 5.26 Å². The Morgan fingerprint density at radius 2 is 2.00 bits per heavy atom. The summed E-state index contributed by atoms with van der Waals surface area (Å²) in [4.78, 5) is 21.0. The predicted molar refractivity (Wildman–Crippen MR) is 77.8 cm³/mol. The molecule has 0 bridgehead atoms. The van der Waals surface area contributed by atoms with E-state index in [1.54, 1.807) is 17.0 Å². The number of rotatable bonds is 5. The number of nitrogens with two attached hydrogens (primary N) is 2. The molecule has 1 heterocycles. The van der Waals surface area contributed by atoms with E-state index in [0.717, 1.165) is 5.56 Å². The van der Waals surface area contributed by atoms with Crippen molar-refractivity contribution < 1.29 is 4.79 Å². The van der Waals surface area contributed by atoms with Crippen molar-refractivity contribution in [2.75, 3.05) is 17.2 Å². The van der Waals surface area contributed by atoms with Crippen LogP contribution >= 0.6 is 0 Å². The first-order valence-electron chi connectivity index (χ1n) is 6.19. The second-order valence-corrected chi connectivity index (χ2v) is 4.42. The van der Waals surface area contributed by atoms with Gasteiger partial charge in [-0.3, -0.25) is 4.79 Å². The number of benzene rings is 1. The number of carbonyl (C=O) groups excluding carboxylic acids is 1. The molecule has 106 valence electrons. The van der Waals surface area contributed by atoms with Crippen molar-refractivity contribution in [1.82, 2.24) is 9.97 Å². The number of amides is 1. The molecule has 0 atom stereocenters. The van der Waals surface area contributed by atoms with Gasteiger partial charge >= 0.3 is 0 Å². The van der Waals surface area contributed by atoms with E-state index in [9.17, 15) is 4.79 Å². The van der Waals surface area contributed by atoms with Crippen molar-refractivity contribution in [3.05, 3.63) is 47.8 Å². The number of nitrogen functional groups attached to an aromatic ring is 1. The van der Waals surface area contributed by atoms with Gasteiger partial charge in [-0.15, -0.1) is 0 Å². The molecule has 0 radical (unpaired) electrons. The molecular weight excluding hydrogens is 268 g/mol. The van der Waals surface area contributed by atoms with Crippen LogP contribution in [-0.4, -0.2) is 22.4 Å². The molecule has 0 spiro atoms. The first-order chi connectivity index (χ1) is 10.1. The molecule has 21 heavy (non-hydrogen) atoms. The molecule has 0 saturated heterocycles. The molecule has 0 fully saturated rings. The molecule has 1 amide bonds. The minimum Gasteiger partial charge on any atom is -0.399 e. The van der Waals surface area contributed by atoms with Crippen LogP contribution < -0.4 is 16.4 Å². The predicted octanol–water partition coefficient (Wildman–Crippen LogP) is 0.422. The number of aromatic nitrogens is 2. The highest BCUT2D eigenvalue weighted by molar-refractivity contribution is 5.78. The van der Waals surface area contributed by atoms with Gasteiger partial charge < -0.3 is 16.4 Å². The Kier molecular flexibility index (Phi) is 4.31. The fourth-order valence-electron chi connectivity index (χ4n) is 1.79. The zero-order chi connectivity index (χ0) is 15.2. The second-order valence-electron chi connectivity index (χ2n) is 4.42. The van der Waals surface area contributed by atoms with Gasteiger partial charge in [0.05, 0.1) is 6.54 Å². The molecule has 0 aliphatic rings. The third-order valence-corrected chi connectivity index (χ3v) is 2.74. The van der Waals surface area contributed by atoms with E-state index in [2.05, 4.69) is 9.97 Å². The highest BCUT2D eigenvalue weighted by Crippen LogP contribution is 2.13. The van der Waals surface area contributed by atoms with E-state index in [1.165, 1.54) is 12.3 Å². The van der Waals surface area contributed by atoms with Gasteiger partial charge in [0.15, 0.2) is 0 Å². The van der Waals surface area contributed by atoms with Crippen LogP contribution in [0.3, 0.4) is 0 Å². The van der Waals surface area contributed by atoms with Gasteiger partial charge in [0.1, 0.15) is 11.8 Å². The maximum Gasteiger partial charge on any atom is 0.237 e. The molecular formula is C14H14N6O. The van der Waals surface area contributed by atoms with Crippen LogP contribution in [0.1, 0.15) is 11.3 Å². The number of carbonyl (C=O) groups is 1. The minimum absolute atomic E-state index is 0.0424. The van der Waals surface area contributed by atoms with Crippen molar-refractivity contribution in [1.29, 1.82) is 5.26 Å². The zero-order valence-corrected chi connectivity index (χ0v) is 11.2. The van der Waals surface area contributed by atoms with E-state index in [1.807, 2.05) is 18.2 Å². The van der Waals surface area contributed by atoms with Crippen molar-refractivity contribution >= 4 is 17.5 Å². The van der Waals surface area contributed by atoms with Gasteiger partial charge in [0.25, 0.3) is 0 Å². The lowest BCUT2D eigenvalue weighted by Crippen LogP contribution is -2.34. The summed E-state index contributed by atoms with van der Waals surface area (Å²) < 4.78 is 0. The Balaban J connectivity index is 2.27. The van der Waals surface area contributed by atoms with Crippen LogP contribution in [0.5, 0.6) is 0 Å². The quantitative estimate of drug-likeness (QED) is 0.766.